The fourth-order valence-electron chi connectivity index (χ4n) is 2.92. The quantitative estimate of drug-likeness (QED) is 0.128. The summed E-state index contributed by atoms with van der Waals surface area (Å²) in [5.74, 6) is -0.835. The molecule has 0 saturated carbocycles. The van der Waals surface area contributed by atoms with Crippen LogP contribution in [-0.2, 0) is 32.7 Å². The van der Waals surface area contributed by atoms with E-state index in [-0.39, 0.29) is 32.0 Å². The van der Waals surface area contributed by atoms with Gasteiger partial charge in [0.25, 0.3) is 0 Å². The Morgan fingerprint density at radius 3 is 1.91 bits per heavy atom. The van der Waals surface area contributed by atoms with Crippen molar-refractivity contribution < 1.29 is 37.6 Å². The van der Waals surface area contributed by atoms with Gasteiger partial charge in [-0.15, -0.1) is 0 Å². The predicted molar refractivity (Wildman–Crippen MR) is 128 cm³/mol. The van der Waals surface area contributed by atoms with Gasteiger partial charge in [-0.05, 0) is 26.9 Å². The Balaban J connectivity index is 4.57. The number of phosphoric ester groups is 1. The molecule has 0 amide bonds. The largest absolute Gasteiger partial charge is 0.472 e. The van der Waals surface area contributed by atoms with Crippen molar-refractivity contribution in [1.29, 1.82) is 0 Å². The van der Waals surface area contributed by atoms with Crippen LogP contribution in [0.4, 0.5) is 0 Å². The molecule has 9 nitrogen and oxygen atoms in total. The second kappa shape index (κ2) is 20.4. The van der Waals surface area contributed by atoms with E-state index >= 15 is 0 Å². The lowest BCUT2D eigenvalue weighted by Crippen LogP contribution is -2.29. The Morgan fingerprint density at radius 1 is 0.818 bits per heavy atom. The van der Waals surface area contributed by atoms with Crippen LogP contribution in [0.3, 0.4) is 0 Å². The second-order valence-corrected chi connectivity index (χ2v) is 9.98. The lowest BCUT2D eigenvalue weighted by Gasteiger charge is -2.20. The van der Waals surface area contributed by atoms with Gasteiger partial charge in [-0.1, -0.05) is 65.2 Å². The Hall–Kier alpha value is -0.990. The Morgan fingerprint density at radius 2 is 1.36 bits per heavy atom. The average Bonchev–Trinajstić information content (AvgIpc) is 2.75. The monoisotopic (exact) mass is 495 g/mol. The van der Waals surface area contributed by atoms with Crippen LogP contribution in [0.25, 0.3) is 0 Å². The molecule has 33 heavy (non-hydrogen) atoms. The van der Waals surface area contributed by atoms with Gasteiger partial charge in [0.15, 0.2) is 6.10 Å². The van der Waals surface area contributed by atoms with Crippen LogP contribution in [0.1, 0.15) is 90.9 Å². The van der Waals surface area contributed by atoms with E-state index in [0.29, 0.717) is 13.0 Å². The molecule has 0 aromatic carbocycles. The lowest BCUT2D eigenvalue weighted by atomic mass is 10.1. The molecular formula is C23H46NO8P. The lowest BCUT2D eigenvalue weighted by molar-refractivity contribution is -0.161. The van der Waals surface area contributed by atoms with Gasteiger partial charge < -0.3 is 19.3 Å². The zero-order valence-electron chi connectivity index (χ0n) is 21.1. The minimum Gasteiger partial charge on any atom is -0.462 e. The number of phosphoric acid groups is 1. The maximum atomic E-state index is 12.2. The number of nitrogens with zero attached hydrogens (tertiary/aromatic N) is 1. The molecule has 0 rings (SSSR count). The second-order valence-electron chi connectivity index (χ2n) is 8.52. The topological polar surface area (TPSA) is 112 Å². The summed E-state index contributed by atoms with van der Waals surface area (Å²) >= 11 is 0. The summed E-state index contributed by atoms with van der Waals surface area (Å²) in [6.07, 6.45) is 9.53. The first-order valence-corrected chi connectivity index (χ1v) is 13.8. The summed E-state index contributed by atoms with van der Waals surface area (Å²) in [5.41, 5.74) is 0. The van der Waals surface area contributed by atoms with Gasteiger partial charge in [0, 0.05) is 19.4 Å². The molecule has 0 saturated heterocycles. The summed E-state index contributed by atoms with van der Waals surface area (Å²) in [6, 6.07) is 0. The van der Waals surface area contributed by atoms with E-state index in [1.807, 2.05) is 14.1 Å². The highest BCUT2D eigenvalue weighted by Gasteiger charge is 2.26. The van der Waals surface area contributed by atoms with Crippen LogP contribution in [0, 0.1) is 0 Å². The predicted octanol–water partition coefficient (Wildman–Crippen LogP) is 4.86. The molecule has 0 aromatic heterocycles. The van der Waals surface area contributed by atoms with Crippen molar-refractivity contribution in [3.63, 3.8) is 0 Å². The van der Waals surface area contributed by atoms with Crippen molar-refractivity contribution in [2.45, 2.75) is 97.0 Å². The van der Waals surface area contributed by atoms with Crippen LogP contribution >= 0.6 is 7.82 Å². The molecule has 0 aliphatic heterocycles. The fourth-order valence-corrected chi connectivity index (χ4v) is 3.66. The van der Waals surface area contributed by atoms with Gasteiger partial charge in [0.1, 0.15) is 6.61 Å². The van der Waals surface area contributed by atoms with Crippen molar-refractivity contribution in [3.05, 3.63) is 0 Å². The van der Waals surface area contributed by atoms with Crippen LogP contribution < -0.4 is 0 Å². The Kier molecular flexibility index (Phi) is 19.8. The number of carbonyl (C=O) groups excluding carboxylic acids is 2. The number of likely N-dealkylation sites (N-methyl/N-ethyl adjacent to an activating group) is 1. The van der Waals surface area contributed by atoms with Crippen molar-refractivity contribution in [2.24, 2.45) is 0 Å². The van der Waals surface area contributed by atoms with Crippen LogP contribution in [-0.4, -0.2) is 68.3 Å². The van der Waals surface area contributed by atoms with Gasteiger partial charge in [-0.25, -0.2) is 4.57 Å². The molecule has 0 fully saturated rings. The minimum atomic E-state index is -4.31. The molecule has 0 aliphatic carbocycles. The van der Waals surface area contributed by atoms with Crippen molar-refractivity contribution in [2.75, 3.05) is 40.5 Å². The van der Waals surface area contributed by atoms with E-state index in [1.165, 1.54) is 0 Å². The van der Waals surface area contributed by atoms with E-state index in [1.54, 1.807) is 4.90 Å². The van der Waals surface area contributed by atoms with Gasteiger partial charge in [0.05, 0.1) is 13.2 Å². The maximum Gasteiger partial charge on any atom is 0.472 e. The molecular weight excluding hydrogens is 449 g/mol. The summed E-state index contributed by atoms with van der Waals surface area (Å²) in [7, 11) is -0.698. The summed E-state index contributed by atoms with van der Waals surface area (Å²) < 4.78 is 32.6. The first-order valence-electron chi connectivity index (χ1n) is 12.3. The normalized spacial score (nSPS) is 14.1. The molecule has 10 heteroatoms. The molecule has 0 bridgehead atoms. The average molecular weight is 496 g/mol. The van der Waals surface area contributed by atoms with Gasteiger partial charge >= 0.3 is 19.8 Å². The molecule has 0 aromatic rings. The number of rotatable bonds is 22. The SMILES string of the molecule is CCCCCCCC(=O)OCC(COP(=O)(O)OCCN(C)C)OC(=O)CCCCCCC. The van der Waals surface area contributed by atoms with E-state index in [0.717, 1.165) is 57.8 Å². The molecule has 1 N–H and O–H groups in total. The van der Waals surface area contributed by atoms with E-state index in [4.69, 9.17) is 18.5 Å². The highest BCUT2D eigenvalue weighted by Crippen LogP contribution is 2.43. The molecule has 2 unspecified atom stereocenters. The van der Waals surface area contributed by atoms with E-state index in [9.17, 15) is 19.0 Å². The van der Waals surface area contributed by atoms with Gasteiger partial charge in [0.2, 0.25) is 0 Å². The summed E-state index contributed by atoms with van der Waals surface area (Å²) in [4.78, 5) is 35.8. The standard InChI is InChI=1S/C23H46NO8P/c1-5-7-9-11-13-15-22(25)29-19-21(32-23(26)16-14-12-10-8-6-2)20-31-33(27,28)30-18-17-24(3)4/h21H,5-20H2,1-4H3,(H,27,28). The number of carbonyl (C=O) groups is 2. The summed E-state index contributed by atoms with van der Waals surface area (Å²) in [6.45, 7) is 4.07. The molecule has 0 aliphatic rings. The molecule has 0 radical (unpaired) electrons. The van der Waals surface area contributed by atoms with Gasteiger partial charge in [-0.2, -0.15) is 0 Å². The number of hydrogen-bond acceptors (Lipinski definition) is 8. The summed E-state index contributed by atoms with van der Waals surface area (Å²) in [5, 5.41) is 0. The number of hydrogen-bond donors (Lipinski definition) is 1. The number of ether oxygens (including phenoxy) is 2. The molecule has 0 heterocycles. The first-order chi connectivity index (χ1) is 15.7. The fraction of sp³-hybridized carbons (Fsp3) is 0.913. The number of unbranched alkanes of at least 4 members (excludes halogenated alkanes) is 8. The van der Waals surface area contributed by atoms with Crippen LogP contribution in [0.2, 0.25) is 0 Å². The molecule has 0 spiro atoms. The molecule has 196 valence electrons. The molecule has 2 atom stereocenters. The van der Waals surface area contributed by atoms with Crippen molar-refractivity contribution in [1.82, 2.24) is 4.90 Å². The minimum absolute atomic E-state index is 0.00993. The third-order valence-corrected chi connectivity index (χ3v) is 5.90. The Labute approximate surface area is 200 Å². The zero-order chi connectivity index (χ0) is 25.0. The zero-order valence-corrected chi connectivity index (χ0v) is 22.0. The number of esters is 2. The third-order valence-electron chi connectivity index (χ3n) is 4.91. The van der Waals surface area contributed by atoms with Crippen LogP contribution in [0.5, 0.6) is 0 Å². The van der Waals surface area contributed by atoms with E-state index < -0.39 is 26.5 Å². The smallest absolute Gasteiger partial charge is 0.462 e. The first kappa shape index (κ1) is 32.0. The maximum absolute atomic E-state index is 12.2. The highest BCUT2D eigenvalue weighted by atomic mass is 31.2. The highest BCUT2D eigenvalue weighted by molar-refractivity contribution is 7.47. The van der Waals surface area contributed by atoms with Gasteiger partial charge in [-0.3, -0.25) is 18.6 Å². The Bertz CT molecular complexity index is 559. The van der Waals surface area contributed by atoms with Crippen molar-refractivity contribution >= 4 is 19.8 Å². The van der Waals surface area contributed by atoms with E-state index in [2.05, 4.69) is 13.8 Å². The third kappa shape index (κ3) is 21.3. The van der Waals surface area contributed by atoms with Crippen LogP contribution in [0.15, 0.2) is 0 Å². The van der Waals surface area contributed by atoms with Crippen molar-refractivity contribution in [3.8, 4) is 0 Å².